The van der Waals surface area contributed by atoms with Gasteiger partial charge in [0.1, 0.15) is 18.5 Å². The first-order valence-electron chi connectivity index (χ1n) is 5.98. The van der Waals surface area contributed by atoms with E-state index in [0.717, 1.165) is 11.1 Å². The van der Waals surface area contributed by atoms with Crippen molar-refractivity contribution in [3.05, 3.63) is 58.6 Å². The van der Waals surface area contributed by atoms with E-state index in [1.807, 2.05) is 19.1 Å². The molecule has 0 aliphatic rings. The Morgan fingerprint density at radius 2 is 2.05 bits per heavy atom. The number of benzene rings is 2. The molecule has 1 unspecified atom stereocenters. The van der Waals surface area contributed by atoms with Gasteiger partial charge < -0.3 is 15.6 Å². The molecular formula is C15H16ClNO2. The SMILES string of the molecule is Cc1ccc(OCC(O)c2cccc(N)c2)c(Cl)c1. The molecule has 0 bridgehead atoms. The van der Waals surface area contributed by atoms with Crippen LogP contribution in [0.25, 0.3) is 0 Å². The maximum Gasteiger partial charge on any atom is 0.138 e. The number of nitrogen functional groups attached to an aromatic ring is 1. The highest BCUT2D eigenvalue weighted by atomic mass is 35.5. The molecule has 2 rings (SSSR count). The fourth-order valence-corrected chi connectivity index (χ4v) is 2.04. The predicted octanol–water partition coefficient (Wildman–Crippen LogP) is 3.34. The topological polar surface area (TPSA) is 55.5 Å². The summed E-state index contributed by atoms with van der Waals surface area (Å²) in [5.41, 5.74) is 8.08. The fourth-order valence-electron chi connectivity index (χ4n) is 1.75. The average Bonchev–Trinajstić information content (AvgIpc) is 2.37. The molecule has 1 atom stereocenters. The van der Waals surface area contributed by atoms with Gasteiger partial charge in [0.05, 0.1) is 5.02 Å². The number of hydrogen-bond acceptors (Lipinski definition) is 3. The molecule has 0 amide bonds. The lowest BCUT2D eigenvalue weighted by molar-refractivity contribution is 0.108. The van der Waals surface area contributed by atoms with Crippen LogP contribution in [0.3, 0.4) is 0 Å². The Morgan fingerprint density at radius 3 is 2.74 bits per heavy atom. The summed E-state index contributed by atoms with van der Waals surface area (Å²) >= 11 is 6.06. The number of ether oxygens (including phenoxy) is 1. The number of aliphatic hydroxyl groups excluding tert-OH is 1. The quantitative estimate of drug-likeness (QED) is 0.843. The summed E-state index contributed by atoms with van der Waals surface area (Å²) in [5.74, 6) is 0.565. The van der Waals surface area contributed by atoms with E-state index in [4.69, 9.17) is 22.1 Å². The molecule has 3 N–H and O–H groups in total. The number of halogens is 1. The molecule has 2 aromatic rings. The van der Waals surface area contributed by atoms with Crippen molar-refractivity contribution in [2.45, 2.75) is 13.0 Å². The van der Waals surface area contributed by atoms with Crippen molar-refractivity contribution in [1.82, 2.24) is 0 Å². The van der Waals surface area contributed by atoms with E-state index in [1.54, 1.807) is 30.3 Å². The van der Waals surface area contributed by atoms with Crippen molar-refractivity contribution >= 4 is 17.3 Å². The monoisotopic (exact) mass is 277 g/mol. The summed E-state index contributed by atoms with van der Waals surface area (Å²) in [7, 11) is 0. The summed E-state index contributed by atoms with van der Waals surface area (Å²) < 4.78 is 5.53. The van der Waals surface area contributed by atoms with E-state index in [0.29, 0.717) is 16.5 Å². The van der Waals surface area contributed by atoms with E-state index in [-0.39, 0.29) is 6.61 Å². The van der Waals surface area contributed by atoms with Gasteiger partial charge in [0.15, 0.2) is 0 Å². The molecule has 0 aliphatic heterocycles. The Bertz CT molecular complexity index is 572. The van der Waals surface area contributed by atoms with E-state index < -0.39 is 6.10 Å². The first-order valence-corrected chi connectivity index (χ1v) is 6.36. The van der Waals surface area contributed by atoms with Gasteiger partial charge in [-0.1, -0.05) is 29.8 Å². The summed E-state index contributed by atoms with van der Waals surface area (Å²) in [6.45, 7) is 2.09. The van der Waals surface area contributed by atoms with Gasteiger partial charge in [-0.3, -0.25) is 0 Å². The Morgan fingerprint density at radius 1 is 1.26 bits per heavy atom. The highest BCUT2D eigenvalue weighted by Crippen LogP contribution is 2.26. The molecule has 2 aromatic carbocycles. The first-order chi connectivity index (χ1) is 9.06. The highest BCUT2D eigenvalue weighted by molar-refractivity contribution is 6.32. The minimum atomic E-state index is -0.735. The van der Waals surface area contributed by atoms with Gasteiger partial charge in [0.2, 0.25) is 0 Å². The lowest BCUT2D eigenvalue weighted by atomic mass is 10.1. The average molecular weight is 278 g/mol. The molecule has 0 heterocycles. The molecule has 0 radical (unpaired) electrons. The van der Waals surface area contributed by atoms with Crippen molar-refractivity contribution < 1.29 is 9.84 Å². The van der Waals surface area contributed by atoms with E-state index in [2.05, 4.69) is 0 Å². The second-order valence-corrected chi connectivity index (χ2v) is 4.84. The summed E-state index contributed by atoms with van der Waals surface area (Å²) in [5, 5.41) is 10.6. The van der Waals surface area contributed by atoms with E-state index in [9.17, 15) is 5.11 Å². The summed E-state index contributed by atoms with van der Waals surface area (Å²) in [6, 6.07) is 12.6. The lowest BCUT2D eigenvalue weighted by Gasteiger charge is -2.14. The number of rotatable bonds is 4. The number of aliphatic hydroxyl groups is 1. The van der Waals surface area contributed by atoms with Gasteiger partial charge in [-0.25, -0.2) is 0 Å². The van der Waals surface area contributed by atoms with Crippen LogP contribution in [0.5, 0.6) is 5.75 Å². The van der Waals surface area contributed by atoms with Gasteiger partial charge in [-0.15, -0.1) is 0 Å². The molecule has 100 valence electrons. The van der Waals surface area contributed by atoms with Gasteiger partial charge in [-0.05, 0) is 42.3 Å². The number of nitrogens with two attached hydrogens (primary N) is 1. The normalized spacial score (nSPS) is 12.2. The summed E-state index contributed by atoms with van der Waals surface area (Å²) in [4.78, 5) is 0. The second-order valence-electron chi connectivity index (χ2n) is 4.43. The Balaban J connectivity index is 2.02. The molecule has 0 saturated carbocycles. The Kier molecular flexibility index (Phi) is 4.30. The highest BCUT2D eigenvalue weighted by Gasteiger charge is 2.10. The van der Waals surface area contributed by atoms with Gasteiger partial charge in [0.25, 0.3) is 0 Å². The minimum Gasteiger partial charge on any atom is -0.489 e. The van der Waals surface area contributed by atoms with Gasteiger partial charge >= 0.3 is 0 Å². The molecular weight excluding hydrogens is 262 g/mol. The first kappa shape index (κ1) is 13.7. The maximum atomic E-state index is 10.0. The summed E-state index contributed by atoms with van der Waals surface area (Å²) in [6.07, 6.45) is -0.735. The third-order valence-corrected chi connectivity index (χ3v) is 3.07. The van der Waals surface area contributed by atoms with Gasteiger partial charge in [0, 0.05) is 5.69 Å². The molecule has 0 saturated heterocycles. The van der Waals surface area contributed by atoms with Crippen molar-refractivity contribution in [1.29, 1.82) is 0 Å². The van der Waals surface area contributed by atoms with Crippen molar-refractivity contribution in [2.75, 3.05) is 12.3 Å². The molecule has 0 aromatic heterocycles. The van der Waals surface area contributed by atoms with Crippen LogP contribution >= 0.6 is 11.6 Å². The molecule has 0 aliphatic carbocycles. The number of aryl methyl sites for hydroxylation is 1. The van der Waals surface area contributed by atoms with Crippen LogP contribution in [0.1, 0.15) is 17.2 Å². The molecule has 0 spiro atoms. The minimum absolute atomic E-state index is 0.131. The molecule has 4 heteroatoms. The smallest absolute Gasteiger partial charge is 0.138 e. The third-order valence-electron chi connectivity index (χ3n) is 2.78. The van der Waals surface area contributed by atoms with Crippen molar-refractivity contribution in [2.24, 2.45) is 0 Å². The number of anilines is 1. The zero-order valence-electron chi connectivity index (χ0n) is 10.6. The molecule has 19 heavy (non-hydrogen) atoms. The van der Waals surface area contributed by atoms with Crippen LogP contribution in [0.2, 0.25) is 5.02 Å². The van der Waals surface area contributed by atoms with Crippen LogP contribution in [0, 0.1) is 6.92 Å². The largest absolute Gasteiger partial charge is 0.489 e. The Labute approximate surface area is 117 Å². The Hall–Kier alpha value is -1.71. The lowest BCUT2D eigenvalue weighted by Crippen LogP contribution is -2.10. The predicted molar refractivity (Wildman–Crippen MR) is 77.5 cm³/mol. The number of hydrogen-bond donors (Lipinski definition) is 2. The fraction of sp³-hybridized carbons (Fsp3) is 0.200. The molecule has 3 nitrogen and oxygen atoms in total. The zero-order valence-corrected chi connectivity index (χ0v) is 11.4. The van der Waals surface area contributed by atoms with E-state index in [1.165, 1.54) is 0 Å². The molecule has 0 fully saturated rings. The van der Waals surface area contributed by atoms with Gasteiger partial charge in [-0.2, -0.15) is 0 Å². The standard InChI is InChI=1S/C15H16ClNO2/c1-10-5-6-15(13(16)7-10)19-9-14(18)11-3-2-4-12(17)8-11/h2-8,14,18H,9,17H2,1H3. The van der Waals surface area contributed by atoms with Crippen LogP contribution < -0.4 is 10.5 Å². The van der Waals surface area contributed by atoms with E-state index >= 15 is 0 Å². The van der Waals surface area contributed by atoms with Crippen LogP contribution in [0.15, 0.2) is 42.5 Å². The van der Waals surface area contributed by atoms with Crippen molar-refractivity contribution in [3.8, 4) is 5.75 Å². The van der Waals surface area contributed by atoms with Crippen molar-refractivity contribution in [3.63, 3.8) is 0 Å². The van der Waals surface area contributed by atoms with Crippen LogP contribution in [0.4, 0.5) is 5.69 Å². The maximum absolute atomic E-state index is 10.0. The zero-order chi connectivity index (χ0) is 13.8. The second kappa shape index (κ2) is 5.95. The van der Waals surface area contributed by atoms with Crippen LogP contribution in [-0.4, -0.2) is 11.7 Å². The van der Waals surface area contributed by atoms with Crippen LogP contribution in [-0.2, 0) is 0 Å². The third kappa shape index (κ3) is 3.63.